The molecule has 1 fully saturated rings. The van der Waals surface area contributed by atoms with E-state index in [2.05, 4.69) is 12.2 Å². The van der Waals surface area contributed by atoms with Crippen LogP contribution in [0, 0.1) is 6.29 Å². The van der Waals surface area contributed by atoms with Crippen molar-refractivity contribution in [3.8, 4) is 0 Å². The third-order valence-electron chi connectivity index (χ3n) is 1.28. The van der Waals surface area contributed by atoms with Crippen molar-refractivity contribution in [2.75, 3.05) is 26.3 Å². The molecule has 1 rings (SSSR count). The van der Waals surface area contributed by atoms with E-state index in [0.717, 1.165) is 39.0 Å². The number of hydrogen-bond acceptors (Lipinski definition) is 3. The van der Waals surface area contributed by atoms with Gasteiger partial charge in [-0.25, -0.2) is 0 Å². The first-order valence-electron chi connectivity index (χ1n) is 3.75. The summed E-state index contributed by atoms with van der Waals surface area (Å²) in [5.74, 6) is 0. The van der Waals surface area contributed by atoms with E-state index < -0.39 is 0 Å². The van der Waals surface area contributed by atoms with Gasteiger partial charge in [0.05, 0.1) is 19.8 Å². The monoisotopic (exact) mass is 144 g/mol. The zero-order valence-electron chi connectivity index (χ0n) is 6.35. The van der Waals surface area contributed by atoms with Crippen LogP contribution in [0.2, 0.25) is 0 Å². The second-order valence-electron chi connectivity index (χ2n) is 2.25. The Bertz CT molecular complexity index is 81.7. The molecule has 0 bridgehead atoms. The van der Waals surface area contributed by atoms with Crippen LogP contribution >= 0.6 is 0 Å². The van der Waals surface area contributed by atoms with Gasteiger partial charge in [0.15, 0.2) is 0 Å². The molecule has 0 aromatic heterocycles. The maximum Gasteiger partial charge on any atom is 0.238 e. The van der Waals surface area contributed by atoms with Crippen LogP contribution < -0.4 is 5.32 Å². The summed E-state index contributed by atoms with van der Waals surface area (Å²) in [6, 6.07) is 0. The van der Waals surface area contributed by atoms with Crippen molar-refractivity contribution in [2.45, 2.75) is 13.3 Å². The summed E-state index contributed by atoms with van der Waals surface area (Å²) in [5.41, 5.74) is 0. The molecule has 0 unspecified atom stereocenters. The molecular formula is C7H14NO2. The maximum atomic E-state index is 5.26. The molecule has 0 aromatic rings. The van der Waals surface area contributed by atoms with Crippen molar-refractivity contribution in [1.82, 2.24) is 5.32 Å². The van der Waals surface area contributed by atoms with Crippen LogP contribution in [0.15, 0.2) is 0 Å². The minimum Gasteiger partial charge on any atom is -0.344 e. The van der Waals surface area contributed by atoms with Gasteiger partial charge in [0, 0.05) is 6.54 Å². The molecule has 0 saturated carbocycles. The Balaban J connectivity index is 2.02. The lowest BCUT2D eigenvalue weighted by molar-refractivity contribution is -0.0601. The molecule has 1 aliphatic heterocycles. The van der Waals surface area contributed by atoms with E-state index in [1.807, 2.05) is 0 Å². The summed E-state index contributed by atoms with van der Waals surface area (Å²) in [7, 11) is 0. The third-order valence-corrected chi connectivity index (χ3v) is 1.28. The Morgan fingerprint density at radius 3 is 3.20 bits per heavy atom. The Kier molecular flexibility index (Phi) is 3.72. The summed E-state index contributed by atoms with van der Waals surface area (Å²) in [6.45, 7) is 5.26. The maximum absolute atomic E-state index is 5.26. The number of rotatable bonds is 3. The lowest BCUT2D eigenvalue weighted by atomic mass is 10.5. The summed E-state index contributed by atoms with van der Waals surface area (Å²) in [6.07, 6.45) is 1.78. The summed E-state index contributed by atoms with van der Waals surface area (Å²) in [4.78, 5) is 0. The van der Waals surface area contributed by atoms with E-state index in [4.69, 9.17) is 9.47 Å². The van der Waals surface area contributed by atoms with Crippen LogP contribution in [-0.2, 0) is 9.47 Å². The first kappa shape index (κ1) is 7.98. The normalized spacial score (nSPS) is 21.3. The van der Waals surface area contributed by atoms with Crippen molar-refractivity contribution in [1.29, 1.82) is 0 Å². The predicted molar refractivity (Wildman–Crippen MR) is 38.3 cm³/mol. The largest absolute Gasteiger partial charge is 0.344 e. The van der Waals surface area contributed by atoms with Crippen LogP contribution in [0.5, 0.6) is 0 Å². The van der Waals surface area contributed by atoms with Gasteiger partial charge in [0.2, 0.25) is 6.29 Å². The van der Waals surface area contributed by atoms with Gasteiger partial charge in [0.25, 0.3) is 0 Å². The molecular weight excluding hydrogens is 130 g/mol. The van der Waals surface area contributed by atoms with E-state index in [9.17, 15) is 0 Å². The third kappa shape index (κ3) is 2.64. The topological polar surface area (TPSA) is 30.5 Å². The molecule has 3 nitrogen and oxygen atoms in total. The van der Waals surface area contributed by atoms with Crippen LogP contribution in [-0.4, -0.2) is 26.3 Å². The van der Waals surface area contributed by atoms with Crippen molar-refractivity contribution in [3.63, 3.8) is 0 Å². The van der Waals surface area contributed by atoms with Gasteiger partial charge in [0.1, 0.15) is 0 Å². The molecule has 1 N–H and O–H groups in total. The van der Waals surface area contributed by atoms with Gasteiger partial charge in [-0.3, -0.25) is 0 Å². The van der Waals surface area contributed by atoms with Crippen molar-refractivity contribution in [2.24, 2.45) is 0 Å². The summed E-state index contributed by atoms with van der Waals surface area (Å²) < 4.78 is 10.5. The lowest BCUT2D eigenvalue weighted by Gasteiger charge is -2.21. The average molecular weight is 144 g/mol. The molecule has 1 saturated heterocycles. The minimum atomic E-state index is 0.735. The van der Waals surface area contributed by atoms with Crippen LogP contribution in [0.25, 0.3) is 0 Å². The predicted octanol–water partition coefficient (Wildman–Crippen LogP) is 0.522. The van der Waals surface area contributed by atoms with Gasteiger partial charge < -0.3 is 14.8 Å². The van der Waals surface area contributed by atoms with Gasteiger partial charge in [-0.05, 0) is 6.42 Å². The lowest BCUT2D eigenvalue weighted by Crippen LogP contribution is -2.34. The first-order chi connectivity index (χ1) is 4.93. The van der Waals surface area contributed by atoms with Crippen LogP contribution in [0.4, 0.5) is 0 Å². The number of hydrogen-bond donors (Lipinski definition) is 1. The minimum absolute atomic E-state index is 0.735. The molecule has 1 aliphatic rings. The van der Waals surface area contributed by atoms with Gasteiger partial charge in [-0.2, -0.15) is 0 Å². The molecule has 1 heterocycles. The Hall–Kier alpha value is -0.120. The quantitative estimate of drug-likeness (QED) is 0.626. The molecule has 10 heavy (non-hydrogen) atoms. The molecule has 59 valence electrons. The average Bonchev–Trinajstić information content (AvgIpc) is 2.03. The van der Waals surface area contributed by atoms with Gasteiger partial charge in [-0.15, -0.1) is 0 Å². The fraction of sp³-hybridized carbons (Fsp3) is 0.857. The fourth-order valence-corrected chi connectivity index (χ4v) is 0.787. The van der Waals surface area contributed by atoms with E-state index in [0.29, 0.717) is 0 Å². The molecule has 1 radical (unpaired) electrons. The number of morpholine rings is 1. The van der Waals surface area contributed by atoms with Crippen LogP contribution in [0.1, 0.15) is 13.3 Å². The van der Waals surface area contributed by atoms with Crippen molar-refractivity contribution < 1.29 is 9.47 Å². The van der Waals surface area contributed by atoms with E-state index in [1.165, 1.54) is 0 Å². The molecule has 3 heteroatoms. The summed E-state index contributed by atoms with van der Waals surface area (Å²) in [5, 5.41) is 3.16. The smallest absolute Gasteiger partial charge is 0.238 e. The molecule has 0 atom stereocenters. The second-order valence-corrected chi connectivity index (χ2v) is 2.25. The number of nitrogens with one attached hydrogen (secondary N) is 1. The van der Waals surface area contributed by atoms with Gasteiger partial charge >= 0.3 is 0 Å². The highest BCUT2D eigenvalue weighted by atomic mass is 16.7. The van der Waals surface area contributed by atoms with Crippen molar-refractivity contribution >= 4 is 0 Å². The second kappa shape index (κ2) is 4.66. The highest BCUT2D eigenvalue weighted by Gasteiger charge is 2.14. The van der Waals surface area contributed by atoms with E-state index >= 15 is 0 Å². The zero-order valence-corrected chi connectivity index (χ0v) is 6.35. The Labute approximate surface area is 61.7 Å². The molecule has 0 spiro atoms. The van der Waals surface area contributed by atoms with Crippen LogP contribution in [0.3, 0.4) is 0 Å². The summed E-state index contributed by atoms with van der Waals surface area (Å²) >= 11 is 0. The Morgan fingerprint density at radius 2 is 2.60 bits per heavy atom. The van der Waals surface area contributed by atoms with E-state index in [1.54, 1.807) is 0 Å². The van der Waals surface area contributed by atoms with E-state index in [-0.39, 0.29) is 0 Å². The fourth-order valence-electron chi connectivity index (χ4n) is 0.787. The standard InChI is InChI=1S/C7H14NO2/c1-2-4-9-7-6-8-3-5-10-7/h8H,2-6H2,1H3. The SMILES string of the molecule is CCCO[C]1CNCCO1. The highest BCUT2D eigenvalue weighted by molar-refractivity contribution is 4.73. The molecule has 0 aliphatic carbocycles. The Morgan fingerprint density at radius 1 is 1.70 bits per heavy atom. The van der Waals surface area contributed by atoms with Crippen molar-refractivity contribution in [3.05, 3.63) is 6.29 Å². The number of ether oxygens (including phenoxy) is 2. The zero-order chi connectivity index (χ0) is 7.23. The highest BCUT2D eigenvalue weighted by Crippen LogP contribution is 2.06. The first-order valence-corrected chi connectivity index (χ1v) is 3.75. The van der Waals surface area contributed by atoms with Gasteiger partial charge in [-0.1, -0.05) is 6.92 Å². The molecule has 0 amide bonds. The molecule has 0 aromatic carbocycles.